The van der Waals surface area contributed by atoms with Gasteiger partial charge in [0.1, 0.15) is 11.4 Å². The standard InChI is InChI=1S/C22H18F3N3O/c1-20(2)16-10-14(22(23,24)25)5-6-17(16)28(3)21(20)12-27-19-15-8-9-26-11-13(15)4-7-18(19)29-21/h4-12H,1-3H3. The van der Waals surface area contributed by atoms with E-state index in [4.69, 9.17) is 9.73 Å². The first-order valence-corrected chi connectivity index (χ1v) is 9.22. The number of rotatable bonds is 0. The van der Waals surface area contributed by atoms with E-state index in [1.165, 1.54) is 12.1 Å². The van der Waals surface area contributed by atoms with Gasteiger partial charge in [0.15, 0.2) is 0 Å². The molecule has 7 heteroatoms. The van der Waals surface area contributed by atoms with Crippen LogP contribution in [0.25, 0.3) is 10.8 Å². The fourth-order valence-corrected chi connectivity index (χ4v) is 4.43. The molecule has 1 atom stereocenters. The highest BCUT2D eigenvalue weighted by atomic mass is 19.4. The zero-order valence-corrected chi connectivity index (χ0v) is 16.1. The second-order valence-corrected chi connectivity index (χ2v) is 7.98. The molecular formula is C22H18F3N3O. The molecule has 3 aromatic rings. The van der Waals surface area contributed by atoms with Crippen LogP contribution in [0.5, 0.6) is 5.75 Å². The number of ether oxygens (including phenoxy) is 1. The average Bonchev–Trinajstić information content (AvgIpc) is 2.85. The van der Waals surface area contributed by atoms with Gasteiger partial charge in [-0.2, -0.15) is 13.2 Å². The van der Waals surface area contributed by atoms with Gasteiger partial charge >= 0.3 is 6.18 Å². The number of halogens is 3. The Hall–Kier alpha value is -3.09. The highest BCUT2D eigenvalue weighted by Gasteiger charge is 2.59. The van der Waals surface area contributed by atoms with Crippen molar-refractivity contribution in [1.82, 2.24) is 4.98 Å². The van der Waals surface area contributed by atoms with Gasteiger partial charge in [-0.25, -0.2) is 0 Å². The summed E-state index contributed by atoms with van der Waals surface area (Å²) in [5.74, 6) is 0.593. The van der Waals surface area contributed by atoms with Crippen LogP contribution >= 0.6 is 0 Å². The number of pyridine rings is 1. The molecule has 1 spiro atoms. The lowest BCUT2D eigenvalue weighted by Gasteiger charge is -2.45. The van der Waals surface area contributed by atoms with Gasteiger partial charge < -0.3 is 9.64 Å². The maximum atomic E-state index is 13.3. The number of likely N-dealkylation sites (N-methyl/N-ethyl adjacent to an activating group) is 1. The number of aliphatic imine (C=N–C) groups is 1. The van der Waals surface area contributed by atoms with Crippen LogP contribution in [-0.4, -0.2) is 24.0 Å². The molecule has 4 nitrogen and oxygen atoms in total. The van der Waals surface area contributed by atoms with Gasteiger partial charge in [-0.05, 0) is 55.8 Å². The van der Waals surface area contributed by atoms with Crippen molar-refractivity contribution in [2.45, 2.75) is 31.2 Å². The van der Waals surface area contributed by atoms with E-state index in [2.05, 4.69) is 4.98 Å². The number of anilines is 1. The van der Waals surface area contributed by atoms with Crippen molar-refractivity contribution in [1.29, 1.82) is 0 Å². The summed E-state index contributed by atoms with van der Waals surface area (Å²) in [7, 11) is 1.82. The quantitative estimate of drug-likeness (QED) is 0.505. The maximum Gasteiger partial charge on any atom is 0.416 e. The highest BCUT2D eigenvalue weighted by molar-refractivity contribution is 5.99. The number of benzene rings is 2. The number of alkyl halides is 3. The molecule has 2 aromatic carbocycles. The van der Waals surface area contributed by atoms with Crippen LogP contribution in [0.15, 0.2) is 53.8 Å². The van der Waals surface area contributed by atoms with E-state index >= 15 is 0 Å². The fourth-order valence-electron chi connectivity index (χ4n) is 4.43. The number of hydrogen-bond acceptors (Lipinski definition) is 4. The van der Waals surface area contributed by atoms with Crippen LogP contribution < -0.4 is 9.64 Å². The molecule has 0 N–H and O–H groups in total. The number of aromatic nitrogens is 1. The summed E-state index contributed by atoms with van der Waals surface area (Å²) >= 11 is 0. The average molecular weight is 397 g/mol. The minimum absolute atomic E-state index is 0.578. The van der Waals surface area contributed by atoms with E-state index in [9.17, 15) is 13.2 Å². The monoisotopic (exact) mass is 397 g/mol. The van der Waals surface area contributed by atoms with Crippen LogP contribution in [0.2, 0.25) is 0 Å². The van der Waals surface area contributed by atoms with Gasteiger partial charge in [0.2, 0.25) is 5.72 Å². The molecule has 1 aromatic heterocycles. The summed E-state index contributed by atoms with van der Waals surface area (Å²) in [5, 5.41) is 1.86. The van der Waals surface area contributed by atoms with E-state index in [0.717, 1.165) is 16.8 Å². The summed E-state index contributed by atoms with van der Waals surface area (Å²) in [4.78, 5) is 10.7. The summed E-state index contributed by atoms with van der Waals surface area (Å²) in [6.45, 7) is 3.77. The predicted octanol–water partition coefficient (Wildman–Crippen LogP) is 5.47. The van der Waals surface area contributed by atoms with Crippen molar-refractivity contribution in [2.75, 3.05) is 11.9 Å². The zero-order valence-electron chi connectivity index (χ0n) is 16.1. The lowest BCUT2D eigenvalue weighted by molar-refractivity contribution is -0.137. The van der Waals surface area contributed by atoms with Crippen molar-refractivity contribution in [3.05, 3.63) is 59.9 Å². The molecule has 0 amide bonds. The summed E-state index contributed by atoms with van der Waals surface area (Å²) in [6, 6.07) is 9.46. The Kier molecular flexibility index (Phi) is 3.40. The largest absolute Gasteiger partial charge is 0.459 e. The molecular weight excluding hydrogens is 379 g/mol. The Balaban J connectivity index is 1.67. The topological polar surface area (TPSA) is 37.7 Å². The molecule has 2 aliphatic rings. The maximum absolute atomic E-state index is 13.3. The number of nitrogens with zero attached hydrogens (tertiary/aromatic N) is 3. The smallest absolute Gasteiger partial charge is 0.416 e. The van der Waals surface area contributed by atoms with E-state index in [-0.39, 0.29) is 0 Å². The number of hydrogen-bond donors (Lipinski definition) is 0. The molecule has 0 saturated carbocycles. The second-order valence-electron chi connectivity index (χ2n) is 7.98. The van der Waals surface area contributed by atoms with Crippen LogP contribution in [0, 0.1) is 0 Å². The molecule has 29 heavy (non-hydrogen) atoms. The Morgan fingerprint density at radius 2 is 1.86 bits per heavy atom. The molecule has 0 saturated heterocycles. The van der Waals surface area contributed by atoms with Crippen LogP contribution in [0.4, 0.5) is 24.5 Å². The van der Waals surface area contributed by atoms with Crippen molar-refractivity contribution in [2.24, 2.45) is 4.99 Å². The van der Waals surface area contributed by atoms with Gasteiger partial charge in [0, 0.05) is 35.9 Å². The van der Waals surface area contributed by atoms with Crippen molar-refractivity contribution >= 4 is 28.4 Å². The first kappa shape index (κ1) is 18.0. The van der Waals surface area contributed by atoms with E-state index < -0.39 is 22.9 Å². The van der Waals surface area contributed by atoms with E-state index in [1.807, 2.05) is 44.0 Å². The molecule has 5 rings (SSSR count). The molecule has 3 heterocycles. The predicted molar refractivity (Wildman–Crippen MR) is 106 cm³/mol. The molecule has 148 valence electrons. The first-order valence-electron chi connectivity index (χ1n) is 9.22. The Morgan fingerprint density at radius 3 is 2.62 bits per heavy atom. The second kappa shape index (κ2) is 5.49. The number of fused-ring (bicyclic) bond motifs is 4. The lowest BCUT2D eigenvalue weighted by Crippen LogP contribution is -2.61. The van der Waals surface area contributed by atoms with Crippen molar-refractivity contribution < 1.29 is 17.9 Å². The molecule has 0 aliphatic carbocycles. The van der Waals surface area contributed by atoms with Crippen LogP contribution in [0.1, 0.15) is 25.0 Å². The van der Waals surface area contributed by atoms with Crippen molar-refractivity contribution in [3.8, 4) is 5.75 Å². The van der Waals surface area contributed by atoms with Gasteiger partial charge in [-0.15, -0.1) is 0 Å². The van der Waals surface area contributed by atoms with Crippen molar-refractivity contribution in [3.63, 3.8) is 0 Å². The van der Waals surface area contributed by atoms with Gasteiger partial charge in [0.05, 0.1) is 17.2 Å². The van der Waals surface area contributed by atoms with Crippen LogP contribution in [0.3, 0.4) is 0 Å². The molecule has 0 bridgehead atoms. The minimum Gasteiger partial charge on any atom is -0.459 e. The minimum atomic E-state index is -4.40. The molecule has 0 fully saturated rings. The van der Waals surface area contributed by atoms with E-state index in [0.29, 0.717) is 22.7 Å². The molecule has 0 radical (unpaired) electrons. The summed E-state index contributed by atoms with van der Waals surface area (Å²) in [6.07, 6.45) is 0.765. The summed E-state index contributed by atoms with van der Waals surface area (Å²) in [5.41, 5.74) is -0.495. The Morgan fingerprint density at radius 1 is 1.07 bits per heavy atom. The third-order valence-electron chi connectivity index (χ3n) is 6.14. The van der Waals surface area contributed by atoms with Gasteiger partial charge in [0.25, 0.3) is 0 Å². The van der Waals surface area contributed by atoms with Crippen LogP contribution in [-0.2, 0) is 11.6 Å². The SMILES string of the molecule is CN1c2ccc(C(F)(F)F)cc2C(C)(C)C12C=Nc1c(ccc3cnccc13)O2. The fraction of sp³-hybridized carbons (Fsp3) is 0.273. The lowest BCUT2D eigenvalue weighted by atomic mass is 9.77. The van der Waals surface area contributed by atoms with Gasteiger partial charge in [-0.3, -0.25) is 9.98 Å². The first-order chi connectivity index (χ1) is 13.6. The molecule has 1 unspecified atom stereocenters. The van der Waals surface area contributed by atoms with Gasteiger partial charge in [-0.1, -0.05) is 0 Å². The Labute approximate surface area is 165 Å². The highest BCUT2D eigenvalue weighted by Crippen LogP contribution is 2.54. The summed E-state index contributed by atoms with van der Waals surface area (Å²) < 4.78 is 46.4. The molecule has 2 aliphatic heterocycles. The Bertz CT molecular complexity index is 1190. The zero-order chi connectivity index (χ0) is 20.6. The normalized spacial score (nSPS) is 21.9. The third-order valence-corrected chi connectivity index (χ3v) is 6.14. The van der Waals surface area contributed by atoms with E-state index in [1.54, 1.807) is 18.6 Å². The third kappa shape index (κ3) is 2.27.